The Morgan fingerprint density at radius 1 is 1.04 bits per heavy atom. The molecule has 0 radical (unpaired) electrons. The van der Waals surface area contributed by atoms with E-state index in [1.165, 1.54) is 17.9 Å². The number of halogens is 1. The maximum atomic E-state index is 13.8. The number of rotatable bonds is 7. The number of aryl methyl sites for hydroxylation is 1. The van der Waals surface area contributed by atoms with Gasteiger partial charge in [-0.05, 0) is 24.1 Å². The first-order valence-electron chi connectivity index (χ1n) is 8.38. The lowest BCUT2D eigenvalue weighted by molar-refractivity contribution is -0.130. The normalized spacial score (nSPS) is 10.4. The zero-order chi connectivity index (χ0) is 18.2. The van der Waals surface area contributed by atoms with Crippen LogP contribution in [-0.2, 0) is 22.6 Å². The van der Waals surface area contributed by atoms with Crippen molar-refractivity contribution in [3.05, 3.63) is 65.5 Å². The maximum Gasteiger partial charge on any atom is 0.226 e. The van der Waals surface area contributed by atoms with Crippen molar-refractivity contribution >= 4 is 17.5 Å². The van der Waals surface area contributed by atoms with E-state index in [1.54, 1.807) is 18.2 Å². The summed E-state index contributed by atoms with van der Waals surface area (Å²) < 4.78 is 13.8. The van der Waals surface area contributed by atoms with Gasteiger partial charge >= 0.3 is 0 Å². The Balaban J connectivity index is 1.95. The summed E-state index contributed by atoms with van der Waals surface area (Å²) in [5.74, 6) is -0.708. The first-order chi connectivity index (χ1) is 12.0. The Kier molecular flexibility index (Phi) is 6.69. The van der Waals surface area contributed by atoms with E-state index in [-0.39, 0.29) is 37.1 Å². The van der Waals surface area contributed by atoms with Crippen LogP contribution in [0.25, 0.3) is 0 Å². The minimum atomic E-state index is -0.352. The van der Waals surface area contributed by atoms with Crippen LogP contribution < -0.4 is 5.32 Å². The van der Waals surface area contributed by atoms with E-state index in [2.05, 4.69) is 5.32 Å². The smallest absolute Gasteiger partial charge is 0.226 e. The largest absolute Gasteiger partial charge is 0.338 e. The number of hydrogen-bond acceptors (Lipinski definition) is 2. The van der Waals surface area contributed by atoms with Crippen molar-refractivity contribution in [1.82, 2.24) is 4.90 Å². The van der Waals surface area contributed by atoms with Crippen LogP contribution in [0.3, 0.4) is 0 Å². The summed E-state index contributed by atoms with van der Waals surface area (Å²) in [4.78, 5) is 25.5. The molecule has 0 aromatic heterocycles. The molecule has 0 unspecified atom stereocenters. The van der Waals surface area contributed by atoms with E-state index in [0.29, 0.717) is 5.56 Å². The predicted octanol–water partition coefficient (Wildman–Crippen LogP) is 3.77. The molecule has 0 fully saturated rings. The second-order valence-corrected chi connectivity index (χ2v) is 5.84. The fourth-order valence-corrected chi connectivity index (χ4v) is 2.58. The number of amides is 2. The molecule has 2 rings (SSSR count). The zero-order valence-corrected chi connectivity index (χ0v) is 14.6. The Hall–Kier alpha value is -2.69. The fraction of sp³-hybridized carbons (Fsp3) is 0.300. The Morgan fingerprint density at radius 3 is 2.32 bits per heavy atom. The number of hydrogen-bond donors (Lipinski definition) is 1. The molecule has 0 heterocycles. The molecule has 2 amide bonds. The number of benzene rings is 2. The summed E-state index contributed by atoms with van der Waals surface area (Å²) in [6, 6.07) is 14.0. The molecule has 5 heteroatoms. The number of carbonyl (C=O) groups excluding carboxylic acids is 2. The summed E-state index contributed by atoms with van der Waals surface area (Å²) in [7, 11) is 0. The van der Waals surface area contributed by atoms with Gasteiger partial charge in [-0.3, -0.25) is 9.59 Å². The quantitative estimate of drug-likeness (QED) is 0.833. The monoisotopic (exact) mass is 342 g/mol. The molecule has 2 aromatic rings. The molecule has 132 valence electrons. The molecular weight excluding hydrogens is 319 g/mol. The van der Waals surface area contributed by atoms with Gasteiger partial charge in [0.2, 0.25) is 11.8 Å². The Morgan fingerprint density at radius 2 is 1.68 bits per heavy atom. The van der Waals surface area contributed by atoms with E-state index in [4.69, 9.17) is 0 Å². The van der Waals surface area contributed by atoms with Crippen molar-refractivity contribution in [3.63, 3.8) is 0 Å². The van der Waals surface area contributed by atoms with Gasteiger partial charge in [0.25, 0.3) is 0 Å². The van der Waals surface area contributed by atoms with Crippen LogP contribution in [0.4, 0.5) is 10.1 Å². The van der Waals surface area contributed by atoms with E-state index in [1.807, 2.05) is 31.2 Å². The molecule has 0 saturated heterocycles. The van der Waals surface area contributed by atoms with E-state index >= 15 is 0 Å². The minimum absolute atomic E-state index is 0.154. The summed E-state index contributed by atoms with van der Waals surface area (Å²) in [5, 5.41) is 2.88. The van der Waals surface area contributed by atoms with Crippen molar-refractivity contribution < 1.29 is 14.0 Å². The third-order valence-electron chi connectivity index (χ3n) is 4.05. The van der Waals surface area contributed by atoms with Gasteiger partial charge in [0.15, 0.2) is 0 Å². The molecule has 0 atom stereocenters. The molecule has 0 spiro atoms. The summed E-state index contributed by atoms with van der Waals surface area (Å²) >= 11 is 0. The SMILES string of the molecule is CCc1ccccc1NC(=O)CCN(Cc1ccccc1F)C(C)=O. The van der Waals surface area contributed by atoms with Crippen LogP contribution in [0, 0.1) is 5.82 Å². The molecule has 4 nitrogen and oxygen atoms in total. The third-order valence-corrected chi connectivity index (χ3v) is 4.05. The zero-order valence-electron chi connectivity index (χ0n) is 14.6. The van der Waals surface area contributed by atoms with Gasteiger partial charge in [-0.25, -0.2) is 4.39 Å². The highest BCUT2D eigenvalue weighted by atomic mass is 19.1. The highest BCUT2D eigenvalue weighted by Gasteiger charge is 2.14. The van der Waals surface area contributed by atoms with Gasteiger partial charge in [0.1, 0.15) is 5.82 Å². The molecule has 0 saturated carbocycles. The molecule has 2 aromatic carbocycles. The lowest BCUT2D eigenvalue weighted by Crippen LogP contribution is -2.32. The molecule has 0 aliphatic carbocycles. The van der Waals surface area contributed by atoms with Crippen LogP contribution >= 0.6 is 0 Å². The van der Waals surface area contributed by atoms with Gasteiger partial charge < -0.3 is 10.2 Å². The molecule has 1 N–H and O–H groups in total. The van der Waals surface area contributed by atoms with Gasteiger partial charge in [0.05, 0.1) is 0 Å². The van der Waals surface area contributed by atoms with Gasteiger partial charge in [-0.2, -0.15) is 0 Å². The van der Waals surface area contributed by atoms with Gasteiger partial charge in [0, 0.05) is 37.7 Å². The van der Waals surface area contributed by atoms with Crippen LogP contribution in [0.15, 0.2) is 48.5 Å². The van der Waals surface area contributed by atoms with Crippen molar-refractivity contribution in [1.29, 1.82) is 0 Å². The maximum absolute atomic E-state index is 13.8. The molecule has 0 bridgehead atoms. The topological polar surface area (TPSA) is 49.4 Å². The number of para-hydroxylation sites is 1. The lowest BCUT2D eigenvalue weighted by Gasteiger charge is -2.21. The third kappa shape index (κ3) is 5.41. The van der Waals surface area contributed by atoms with Crippen molar-refractivity contribution in [2.75, 3.05) is 11.9 Å². The standard InChI is InChI=1S/C20H23FN2O2/c1-3-16-8-5-7-11-19(16)22-20(25)12-13-23(15(2)24)14-17-9-4-6-10-18(17)21/h4-11H,3,12-14H2,1-2H3,(H,22,25). The van der Waals surface area contributed by atoms with Crippen molar-refractivity contribution in [2.45, 2.75) is 33.2 Å². The Labute approximate surface area is 147 Å². The second kappa shape index (κ2) is 8.97. The van der Waals surface area contributed by atoms with Gasteiger partial charge in [-0.1, -0.05) is 43.3 Å². The highest BCUT2D eigenvalue weighted by molar-refractivity contribution is 5.91. The molecule has 25 heavy (non-hydrogen) atoms. The van der Waals surface area contributed by atoms with Crippen molar-refractivity contribution in [3.8, 4) is 0 Å². The van der Waals surface area contributed by atoms with Crippen LogP contribution in [0.2, 0.25) is 0 Å². The number of nitrogens with zero attached hydrogens (tertiary/aromatic N) is 1. The summed E-state index contributed by atoms with van der Waals surface area (Å²) in [6.07, 6.45) is 0.982. The lowest BCUT2D eigenvalue weighted by atomic mass is 10.1. The van der Waals surface area contributed by atoms with Crippen LogP contribution in [0.1, 0.15) is 31.4 Å². The van der Waals surface area contributed by atoms with E-state index in [0.717, 1.165) is 17.7 Å². The molecular formula is C20H23FN2O2. The number of anilines is 1. The van der Waals surface area contributed by atoms with Crippen LogP contribution in [-0.4, -0.2) is 23.3 Å². The summed E-state index contributed by atoms with van der Waals surface area (Å²) in [5.41, 5.74) is 2.29. The number of nitrogens with one attached hydrogen (secondary N) is 1. The minimum Gasteiger partial charge on any atom is -0.338 e. The first kappa shape index (κ1) is 18.6. The average molecular weight is 342 g/mol. The Bertz CT molecular complexity index is 746. The number of carbonyl (C=O) groups is 2. The second-order valence-electron chi connectivity index (χ2n) is 5.84. The molecule has 0 aliphatic heterocycles. The molecule has 0 aliphatic rings. The van der Waals surface area contributed by atoms with Crippen molar-refractivity contribution in [2.24, 2.45) is 0 Å². The van der Waals surface area contributed by atoms with Gasteiger partial charge in [-0.15, -0.1) is 0 Å². The first-order valence-corrected chi connectivity index (χ1v) is 8.38. The average Bonchev–Trinajstić information content (AvgIpc) is 2.60. The fourth-order valence-electron chi connectivity index (χ4n) is 2.58. The predicted molar refractivity (Wildman–Crippen MR) is 96.6 cm³/mol. The van der Waals surface area contributed by atoms with Crippen LogP contribution in [0.5, 0.6) is 0 Å². The van der Waals surface area contributed by atoms with E-state index < -0.39 is 0 Å². The highest BCUT2D eigenvalue weighted by Crippen LogP contribution is 2.16. The summed E-state index contributed by atoms with van der Waals surface area (Å²) in [6.45, 7) is 3.84. The van der Waals surface area contributed by atoms with E-state index in [9.17, 15) is 14.0 Å².